The molecule has 0 amide bonds. The van der Waals surface area contributed by atoms with E-state index in [-0.39, 0.29) is 12.1 Å². The molecular formula is C17H19N3O3. The molecule has 0 unspecified atom stereocenters. The van der Waals surface area contributed by atoms with E-state index in [1.807, 2.05) is 35.9 Å². The molecule has 0 saturated heterocycles. The zero-order chi connectivity index (χ0) is 16.8. The predicted molar refractivity (Wildman–Crippen MR) is 88.3 cm³/mol. The molecule has 0 radical (unpaired) electrons. The molecule has 23 heavy (non-hydrogen) atoms. The quantitative estimate of drug-likeness (QED) is 0.681. The summed E-state index contributed by atoms with van der Waals surface area (Å²) in [6.07, 6.45) is 1.61. The van der Waals surface area contributed by atoms with E-state index in [9.17, 15) is 9.59 Å². The van der Waals surface area contributed by atoms with Crippen molar-refractivity contribution in [1.29, 1.82) is 0 Å². The van der Waals surface area contributed by atoms with Crippen molar-refractivity contribution in [3.63, 3.8) is 0 Å². The highest BCUT2D eigenvalue weighted by Crippen LogP contribution is 2.21. The van der Waals surface area contributed by atoms with Gasteiger partial charge in [-0.3, -0.25) is 14.2 Å². The van der Waals surface area contributed by atoms with Gasteiger partial charge >= 0.3 is 5.97 Å². The van der Waals surface area contributed by atoms with Crippen LogP contribution in [0.4, 0.5) is 0 Å². The molecule has 6 nitrogen and oxygen atoms in total. The molecule has 0 N–H and O–H groups in total. The number of carbonyl (C=O) groups excluding carboxylic acids is 1. The van der Waals surface area contributed by atoms with Gasteiger partial charge in [-0.05, 0) is 26.8 Å². The van der Waals surface area contributed by atoms with Crippen LogP contribution in [0.15, 0.2) is 35.4 Å². The fourth-order valence-electron chi connectivity index (χ4n) is 2.71. The first-order chi connectivity index (χ1) is 10.8. The van der Waals surface area contributed by atoms with Gasteiger partial charge in [-0.1, -0.05) is 18.2 Å². The van der Waals surface area contributed by atoms with Crippen molar-refractivity contribution >= 4 is 27.9 Å². The van der Waals surface area contributed by atoms with Crippen LogP contribution in [0.1, 0.15) is 20.8 Å². The van der Waals surface area contributed by atoms with Crippen LogP contribution >= 0.6 is 0 Å². The molecule has 0 saturated carbocycles. The first-order valence-electron chi connectivity index (χ1n) is 7.42. The number of hydrogen-bond acceptors (Lipinski definition) is 4. The predicted octanol–water partition coefficient (Wildman–Crippen LogP) is 2.23. The number of aromatic nitrogens is 3. The van der Waals surface area contributed by atoms with E-state index in [0.717, 1.165) is 10.9 Å². The lowest BCUT2D eigenvalue weighted by Gasteiger charge is -2.20. The maximum atomic E-state index is 12.7. The average molecular weight is 313 g/mol. The van der Waals surface area contributed by atoms with Crippen LogP contribution in [-0.2, 0) is 23.1 Å². The smallest absolute Gasteiger partial charge is 0.326 e. The van der Waals surface area contributed by atoms with Crippen molar-refractivity contribution in [2.24, 2.45) is 7.05 Å². The summed E-state index contributed by atoms with van der Waals surface area (Å²) in [5.74, 6) is -0.444. The summed E-state index contributed by atoms with van der Waals surface area (Å²) in [5.41, 5.74) is 0.941. The van der Waals surface area contributed by atoms with Gasteiger partial charge in [0.1, 0.15) is 12.1 Å². The van der Waals surface area contributed by atoms with Crippen LogP contribution in [0, 0.1) is 0 Å². The van der Waals surface area contributed by atoms with Crippen molar-refractivity contribution in [2.75, 3.05) is 0 Å². The molecule has 3 rings (SSSR count). The molecule has 0 aliphatic carbocycles. The van der Waals surface area contributed by atoms with Gasteiger partial charge in [0.2, 0.25) is 0 Å². The van der Waals surface area contributed by atoms with Crippen molar-refractivity contribution in [1.82, 2.24) is 14.1 Å². The van der Waals surface area contributed by atoms with Gasteiger partial charge in [-0.2, -0.15) is 0 Å². The van der Waals surface area contributed by atoms with Crippen LogP contribution in [-0.4, -0.2) is 25.7 Å². The van der Waals surface area contributed by atoms with Gasteiger partial charge in [0.25, 0.3) is 5.56 Å². The molecule has 0 bridgehead atoms. The largest absolute Gasteiger partial charge is 0.459 e. The summed E-state index contributed by atoms with van der Waals surface area (Å²) in [5, 5.41) is 0.880. The van der Waals surface area contributed by atoms with Gasteiger partial charge in [-0.25, -0.2) is 4.98 Å². The number of para-hydroxylation sites is 1. The maximum absolute atomic E-state index is 12.7. The second kappa shape index (κ2) is 5.22. The first-order valence-corrected chi connectivity index (χ1v) is 7.42. The van der Waals surface area contributed by atoms with Gasteiger partial charge in [0.15, 0.2) is 5.52 Å². The van der Waals surface area contributed by atoms with Gasteiger partial charge in [-0.15, -0.1) is 0 Å². The number of hydrogen-bond donors (Lipinski definition) is 0. The highest BCUT2D eigenvalue weighted by atomic mass is 16.6. The normalized spacial score (nSPS) is 12.0. The average Bonchev–Trinajstić information content (AvgIpc) is 2.84. The minimum absolute atomic E-state index is 0.136. The summed E-state index contributed by atoms with van der Waals surface area (Å²) in [6.45, 7) is 5.26. The van der Waals surface area contributed by atoms with E-state index in [0.29, 0.717) is 11.0 Å². The van der Waals surface area contributed by atoms with E-state index in [4.69, 9.17) is 4.74 Å². The number of esters is 1. The molecule has 0 spiro atoms. The number of imidazole rings is 1. The van der Waals surface area contributed by atoms with Gasteiger partial charge < -0.3 is 9.30 Å². The van der Waals surface area contributed by atoms with Crippen LogP contribution in [0.2, 0.25) is 0 Å². The highest BCUT2D eigenvalue weighted by Gasteiger charge is 2.20. The van der Waals surface area contributed by atoms with Crippen molar-refractivity contribution < 1.29 is 9.53 Å². The molecular weight excluding hydrogens is 294 g/mol. The van der Waals surface area contributed by atoms with Crippen molar-refractivity contribution in [2.45, 2.75) is 32.9 Å². The zero-order valence-corrected chi connectivity index (χ0v) is 13.7. The van der Waals surface area contributed by atoms with Crippen molar-refractivity contribution in [3.05, 3.63) is 40.9 Å². The van der Waals surface area contributed by atoms with E-state index in [1.54, 1.807) is 27.1 Å². The number of ether oxygens (including phenoxy) is 1. The zero-order valence-electron chi connectivity index (χ0n) is 13.7. The van der Waals surface area contributed by atoms with E-state index >= 15 is 0 Å². The van der Waals surface area contributed by atoms with Crippen LogP contribution < -0.4 is 5.56 Å². The topological polar surface area (TPSA) is 66.1 Å². The third-order valence-electron chi connectivity index (χ3n) is 3.54. The van der Waals surface area contributed by atoms with Crippen LogP contribution in [0.25, 0.3) is 21.9 Å². The number of fused-ring (bicyclic) bond motifs is 3. The Kier molecular flexibility index (Phi) is 3.47. The van der Waals surface area contributed by atoms with Crippen molar-refractivity contribution in [3.8, 4) is 0 Å². The van der Waals surface area contributed by atoms with E-state index < -0.39 is 11.6 Å². The fraction of sp³-hybridized carbons (Fsp3) is 0.353. The summed E-state index contributed by atoms with van der Waals surface area (Å²) in [4.78, 5) is 29.1. The molecule has 6 heteroatoms. The molecule has 2 aromatic heterocycles. The number of aryl methyl sites for hydroxylation is 1. The number of benzene rings is 1. The van der Waals surface area contributed by atoms with Gasteiger partial charge in [0, 0.05) is 12.4 Å². The Bertz CT molecular complexity index is 961. The minimum Gasteiger partial charge on any atom is -0.459 e. The van der Waals surface area contributed by atoms with E-state index in [1.165, 1.54) is 4.57 Å². The minimum atomic E-state index is -0.592. The molecule has 1 aromatic carbocycles. The summed E-state index contributed by atoms with van der Waals surface area (Å²) >= 11 is 0. The Morgan fingerprint density at radius 1 is 1.26 bits per heavy atom. The lowest BCUT2D eigenvalue weighted by atomic mass is 10.1. The molecule has 2 heterocycles. The van der Waals surface area contributed by atoms with Crippen LogP contribution in [0.3, 0.4) is 0 Å². The van der Waals surface area contributed by atoms with E-state index in [2.05, 4.69) is 4.98 Å². The molecule has 0 atom stereocenters. The standard InChI is InChI=1S/C17H19N3O3/c1-17(2,3)23-13(21)9-20-12-8-6-5-7-11(12)15-14(16(20)22)18-10-19(15)4/h5-8,10H,9H2,1-4H3. The SMILES string of the molecule is Cn1cnc2c(=O)n(CC(=O)OC(C)(C)C)c3ccccc3c21. The number of nitrogens with zero attached hydrogens (tertiary/aromatic N) is 3. The highest BCUT2D eigenvalue weighted by molar-refractivity contribution is 6.02. The van der Waals surface area contributed by atoms with Crippen LogP contribution in [0.5, 0.6) is 0 Å². The molecule has 120 valence electrons. The third-order valence-corrected chi connectivity index (χ3v) is 3.54. The summed E-state index contributed by atoms with van der Waals surface area (Å²) in [7, 11) is 1.85. The Hall–Kier alpha value is -2.63. The monoisotopic (exact) mass is 313 g/mol. The van der Waals surface area contributed by atoms with Gasteiger partial charge in [0.05, 0.1) is 17.4 Å². The molecule has 3 aromatic rings. The lowest BCUT2D eigenvalue weighted by molar-refractivity contribution is -0.155. The maximum Gasteiger partial charge on any atom is 0.326 e. The molecule has 0 fully saturated rings. The second-order valence-electron chi connectivity index (χ2n) is 6.55. The Morgan fingerprint density at radius 3 is 2.65 bits per heavy atom. The molecule has 0 aliphatic rings. The second-order valence-corrected chi connectivity index (χ2v) is 6.55. The number of carbonyl (C=O) groups is 1. The lowest BCUT2D eigenvalue weighted by Crippen LogP contribution is -2.31. The molecule has 0 aliphatic heterocycles. The number of rotatable bonds is 2. The Labute approximate surface area is 133 Å². The third kappa shape index (κ3) is 2.72. The number of pyridine rings is 1. The Morgan fingerprint density at radius 2 is 1.96 bits per heavy atom. The fourth-order valence-corrected chi connectivity index (χ4v) is 2.71. The summed E-state index contributed by atoms with van der Waals surface area (Å²) < 4.78 is 8.58. The Balaban J connectivity index is 2.21. The first kappa shape index (κ1) is 15.3. The summed E-state index contributed by atoms with van der Waals surface area (Å²) in [6, 6.07) is 7.49.